The summed E-state index contributed by atoms with van der Waals surface area (Å²) in [6, 6.07) is 2.80. The number of hydrogen-bond donors (Lipinski definition) is 1. The predicted octanol–water partition coefficient (Wildman–Crippen LogP) is 0.577. The number of nitrogens with zero attached hydrogens (tertiary/aromatic N) is 4. The average Bonchev–Trinajstić information content (AvgIpc) is 2.88. The quantitative estimate of drug-likeness (QED) is 0.843. The number of nitrogens with one attached hydrogen (secondary N) is 1. The maximum absolute atomic E-state index is 4.58. The molecule has 19 heavy (non-hydrogen) atoms. The van der Waals surface area contributed by atoms with E-state index in [2.05, 4.69) is 31.2 Å². The minimum atomic E-state index is 0.692. The van der Waals surface area contributed by atoms with Gasteiger partial charge in [-0.05, 0) is 20.3 Å². The van der Waals surface area contributed by atoms with E-state index in [-0.39, 0.29) is 0 Å². The van der Waals surface area contributed by atoms with Crippen molar-refractivity contribution in [2.24, 2.45) is 0 Å². The van der Waals surface area contributed by atoms with Crippen molar-refractivity contribution < 1.29 is 0 Å². The Morgan fingerprint density at radius 3 is 2.68 bits per heavy atom. The molecule has 2 aliphatic rings. The highest BCUT2D eigenvalue weighted by Crippen LogP contribution is 2.22. The molecule has 5 nitrogen and oxygen atoms in total. The highest BCUT2D eigenvalue weighted by molar-refractivity contribution is 5.41. The Bertz CT molecular complexity index is 421. The molecule has 0 bridgehead atoms. The monoisotopic (exact) mass is 261 g/mol. The Kier molecular flexibility index (Phi) is 3.66. The van der Waals surface area contributed by atoms with Gasteiger partial charge in [-0.25, -0.2) is 9.97 Å². The van der Waals surface area contributed by atoms with Crippen molar-refractivity contribution in [2.45, 2.75) is 26.3 Å². The van der Waals surface area contributed by atoms with Crippen LogP contribution in [0.4, 0.5) is 5.82 Å². The molecule has 0 aromatic carbocycles. The van der Waals surface area contributed by atoms with E-state index in [9.17, 15) is 0 Å². The maximum Gasteiger partial charge on any atom is 0.132 e. The van der Waals surface area contributed by atoms with E-state index < -0.39 is 0 Å². The Labute approximate surface area is 115 Å². The molecule has 2 fully saturated rings. The lowest BCUT2D eigenvalue weighted by Gasteiger charge is -2.32. The summed E-state index contributed by atoms with van der Waals surface area (Å²) in [6.07, 6.45) is 1.25. The van der Waals surface area contributed by atoms with Crippen LogP contribution in [0.25, 0.3) is 0 Å². The molecule has 2 aliphatic heterocycles. The molecule has 3 heterocycles. The number of aromatic nitrogens is 2. The molecule has 5 heteroatoms. The smallest absolute Gasteiger partial charge is 0.132 e. The van der Waals surface area contributed by atoms with Gasteiger partial charge in [0.2, 0.25) is 0 Å². The summed E-state index contributed by atoms with van der Waals surface area (Å²) in [5.74, 6) is 1.98. The fourth-order valence-electron chi connectivity index (χ4n) is 3.15. The van der Waals surface area contributed by atoms with Crippen LogP contribution in [-0.4, -0.2) is 60.2 Å². The molecular formula is C14H23N5. The highest BCUT2D eigenvalue weighted by Gasteiger charge is 2.29. The fraction of sp³-hybridized carbons (Fsp3) is 0.714. The van der Waals surface area contributed by atoms with Gasteiger partial charge in [-0.3, -0.25) is 4.90 Å². The number of rotatable bonds is 2. The van der Waals surface area contributed by atoms with Crippen molar-refractivity contribution in [3.05, 3.63) is 17.6 Å². The van der Waals surface area contributed by atoms with Gasteiger partial charge in [0.05, 0.1) is 0 Å². The molecule has 0 amide bonds. The summed E-state index contributed by atoms with van der Waals surface area (Å²) in [5, 5.41) is 3.42. The minimum absolute atomic E-state index is 0.692. The Morgan fingerprint density at radius 1 is 1.16 bits per heavy atom. The molecule has 104 valence electrons. The normalized spacial score (nSPS) is 24.9. The van der Waals surface area contributed by atoms with Gasteiger partial charge in [0.1, 0.15) is 11.6 Å². The van der Waals surface area contributed by atoms with Crippen LogP contribution in [0.3, 0.4) is 0 Å². The molecule has 0 spiro atoms. The van der Waals surface area contributed by atoms with Crippen molar-refractivity contribution in [2.75, 3.05) is 44.2 Å². The van der Waals surface area contributed by atoms with Crippen LogP contribution in [0, 0.1) is 13.8 Å². The van der Waals surface area contributed by atoms with Crippen LogP contribution in [-0.2, 0) is 0 Å². The van der Waals surface area contributed by atoms with E-state index in [1.165, 1.54) is 19.5 Å². The lowest BCUT2D eigenvalue weighted by atomic mass is 10.2. The van der Waals surface area contributed by atoms with Crippen LogP contribution in [0.5, 0.6) is 0 Å². The molecule has 1 unspecified atom stereocenters. The Morgan fingerprint density at radius 2 is 1.95 bits per heavy atom. The van der Waals surface area contributed by atoms with E-state index in [4.69, 9.17) is 0 Å². The maximum atomic E-state index is 4.58. The van der Waals surface area contributed by atoms with Gasteiger partial charge in [-0.15, -0.1) is 0 Å². The summed E-state index contributed by atoms with van der Waals surface area (Å²) in [6.45, 7) is 10.9. The zero-order valence-corrected chi connectivity index (χ0v) is 11.9. The van der Waals surface area contributed by atoms with E-state index in [0.29, 0.717) is 6.04 Å². The van der Waals surface area contributed by atoms with Crippen molar-refractivity contribution in [1.29, 1.82) is 0 Å². The standard InChI is InChI=1S/C14H23N5/c1-11-9-14(17-12(2)16-11)19-6-3-13(10-19)18-7-4-15-5-8-18/h9,13,15H,3-8,10H2,1-2H3. The molecule has 3 rings (SSSR count). The molecular weight excluding hydrogens is 238 g/mol. The van der Waals surface area contributed by atoms with E-state index in [0.717, 1.165) is 43.5 Å². The van der Waals surface area contributed by atoms with Crippen LogP contribution in [0.15, 0.2) is 6.07 Å². The molecule has 0 saturated carbocycles. The van der Waals surface area contributed by atoms with Crippen LogP contribution >= 0.6 is 0 Å². The zero-order valence-electron chi connectivity index (χ0n) is 11.9. The van der Waals surface area contributed by atoms with Gasteiger partial charge in [0.25, 0.3) is 0 Å². The number of aryl methyl sites for hydroxylation is 2. The SMILES string of the molecule is Cc1cc(N2CCC(N3CCNCC3)C2)nc(C)n1. The lowest BCUT2D eigenvalue weighted by Crippen LogP contribution is -2.49. The van der Waals surface area contributed by atoms with Crippen molar-refractivity contribution in [1.82, 2.24) is 20.2 Å². The first-order valence-electron chi connectivity index (χ1n) is 7.24. The van der Waals surface area contributed by atoms with Crippen molar-refractivity contribution >= 4 is 5.82 Å². The third kappa shape index (κ3) is 2.87. The van der Waals surface area contributed by atoms with E-state index in [1.807, 2.05) is 13.8 Å². The average molecular weight is 261 g/mol. The zero-order chi connectivity index (χ0) is 13.2. The molecule has 0 aliphatic carbocycles. The molecule has 2 saturated heterocycles. The molecule has 1 N–H and O–H groups in total. The molecule has 1 aromatic rings. The van der Waals surface area contributed by atoms with Crippen LogP contribution in [0.1, 0.15) is 17.9 Å². The minimum Gasteiger partial charge on any atom is -0.355 e. The molecule has 1 atom stereocenters. The summed E-state index contributed by atoms with van der Waals surface area (Å²) in [4.78, 5) is 14.0. The first-order valence-corrected chi connectivity index (χ1v) is 7.24. The van der Waals surface area contributed by atoms with Gasteiger partial charge in [0, 0.05) is 57.1 Å². The second-order valence-electron chi connectivity index (χ2n) is 5.59. The van der Waals surface area contributed by atoms with Gasteiger partial charge in [-0.1, -0.05) is 0 Å². The van der Waals surface area contributed by atoms with E-state index in [1.54, 1.807) is 0 Å². The second-order valence-corrected chi connectivity index (χ2v) is 5.59. The number of hydrogen-bond acceptors (Lipinski definition) is 5. The Balaban J connectivity index is 1.67. The third-order valence-corrected chi connectivity index (χ3v) is 4.11. The van der Waals surface area contributed by atoms with Gasteiger partial charge in [-0.2, -0.15) is 0 Å². The first-order chi connectivity index (χ1) is 9.22. The van der Waals surface area contributed by atoms with Crippen LogP contribution < -0.4 is 10.2 Å². The molecule has 1 aromatic heterocycles. The largest absolute Gasteiger partial charge is 0.355 e. The van der Waals surface area contributed by atoms with Gasteiger partial charge < -0.3 is 10.2 Å². The summed E-state index contributed by atoms with van der Waals surface area (Å²) < 4.78 is 0. The Hall–Kier alpha value is -1.20. The third-order valence-electron chi connectivity index (χ3n) is 4.11. The second kappa shape index (κ2) is 5.43. The first kappa shape index (κ1) is 12.8. The fourth-order valence-corrected chi connectivity index (χ4v) is 3.15. The molecule has 0 radical (unpaired) electrons. The topological polar surface area (TPSA) is 44.3 Å². The highest BCUT2D eigenvalue weighted by atomic mass is 15.3. The number of piperazine rings is 1. The van der Waals surface area contributed by atoms with Crippen molar-refractivity contribution in [3.63, 3.8) is 0 Å². The summed E-state index contributed by atoms with van der Waals surface area (Å²) in [7, 11) is 0. The van der Waals surface area contributed by atoms with Gasteiger partial charge >= 0.3 is 0 Å². The van der Waals surface area contributed by atoms with Crippen LogP contribution in [0.2, 0.25) is 0 Å². The number of anilines is 1. The van der Waals surface area contributed by atoms with Crippen molar-refractivity contribution in [3.8, 4) is 0 Å². The summed E-state index contributed by atoms with van der Waals surface area (Å²) >= 11 is 0. The van der Waals surface area contributed by atoms with E-state index >= 15 is 0 Å². The van der Waals surface area contributed by atoms with Gasteiger partial charge in [0.15, 0.2) is 0 Å². The predicted molar refractivity (Wildman–Crippen MR) is 76.6 cm³/mol. The lowest BCUT2D eigenvalue weighted by molar-refractivity contribution is 0.185. The summed E-state index contributed by atoms with van der Waals surface area (Å²) in [5.41, 5.74) is 1.06.